The largest absolute Gasteiger partial charge is 0.496 e. The van der Waals surface area contributed by atoms with Crippen LogP contribution in [0.25, 0.3) is 16.8 Å². The van der Waals surface area contributed by atoms with Crippen molar-refractivity contribution in [2.75, 3.05) is 7.11 Å². The minimum atomic E-state index is -0.213. The van der Waals surface area contributed by atoms with Gasteiger partial charge in [-0.2, -0.15) is 0 Å². The SMILES string of the molecule is COc1ccc(C=C2C(=O)c3ccccc3C2=O)c2ccccc12. The van der Waals surface area contributed by atoms with Crippen molar-refractivity contribution in [3.63, 3.8) is 0 Å². The van der Waals surface area contributed by atoms with Gasteiger partial charge in [-0.3, -0.25) is 9.59 Å². The molecule has 0 aliphatic heterocycles. The standard InChI is InChI=1S/C21H14O3/c1-24-19-11-10-13(14-6-2-3-7-15(14)19)12-18-20(22)16-8-4-5-9-17(16)21(18)23/h2-12H,1H3. The number of benzene rings is 3. The average molecular weight is 314 g/mol. The van der Waals surface area contributed by atoms with Gasteiger partial charge in [-0.25, -0.2) is 0 Å². The van der Waals surface area contributed by atoms with E-state index in [0.717, 1.165) is 22.1 Å². The van der Waals surface area contributed by atoms with Crippen molar-refractivity contribution in [2.45, 2.75) is 0 Å². The van der Waals surface area contributed by atoms with Crippen LogP contribution in [0.1, 0.15) is 26.3 Å². The number of allylic oxidation sites excluding steroid dienone is 1. The molecular weight excluding hydrogens is 300 g/mol. The van der Waals surface area contributed by atoms with Crippen molar-refractivity contribution in [1.82, 2.24) is 0 Å². The van der Waals surface area contributed by atoms with Crippen molar-refractivity contribution in [1.29, 1.82) is 0 Å². The first-order valence-electron chi connectivity index (χ1n) is 7.66. The fourth-order valence-corrected chi connectivity index (χ4v) is 3.16. The molecule has 0 atom stereocenters. The van der Waals surface area contributed by atoms with E-state index in [-0.39, 0.29) is 17.1 Å². The average Bonchev–Trinajstić information content (AvgIpc) is 2.87. The number of Topliss-reactive ketones (excluding diaryl/α,β-unsaturated/α-hetero) is 2. The molecule has 0 saturated heterocycles. The lowest BCUT2D eigenvalue weighted by atomic mass is 10.00. The summed E-state index contributed by atoms with van der Waals surface area (Å²) in [7, 11) is 1.63. The summed E-state index contributed by atoms with van der Waals surface area (Å²) in [5.41, 5.74) is 2.00. The zero-order valence-electron chi connectivity index (χ0n) is 13.1. The fraction of sp³-hybridized carbons (Fsp3) is 0.0476. The fourth-order valence-electron chi connectivity index (χ4n) is 3.16. The van der Waals surface area contributed by atoms with Crippen LogP contribution in [0.3, 0.4) is 0 Å². The third kappa shape index (κ3) is 2.06. The van der Waals surface area contributed by atoms with E-state index in [1.54, 1.807) is 37.5 Å². The van der Waals surface area contributed by atoms with Crippen LogP contribution in [0.5, 0.6) is 5.75 Å². The summed E-state index contributed by atoms with van der Waals surface area (Å²) < 4.78 is 5.39. The highest BCUT2D eigenvalue weighted by atomic mass is 16.5. The minimum Gasteiger partial charge on any atom is -0.496 e. The lowest BCUT2D eigenvalue weighted by molar-refractivity contribution is 0.0990. The highest BCUT2D eigenvalue weighted by molar-refractivity contribution is 6.41. The Morgan fingerprint density at radius 3 is 1.96 bits per heavy atom. The zero-order valence-corrected chi connectivity index (χ0v) is 13.1. The number of ether oxygens (including phenoxy) is 1. The van der Waals surface area contributed by atoms with Crippen molar-refractivity contribution in [3.8, 4) is 5.75 Å². The second-order valence-electron chi connectivity index (χ2n) is 5.66. The molecule has 0 amide bonds. The molecule has 3 aromatic carbocycles. The smallest absolute Gasteiger partial charge is 0.197 e. The number of ketones is 2. The van der Waals surface area contributed by atoms with E-state index in [1.165, 1.54) is 0 Å². The monoisotopic (exact) mass is 314 g/mol. The maximum Gasteiger partial charge on any atom is 0.197 e. The Balaban J connectivity index is 1.91. The molecule has 3 nitrogen and oxygen atoms in total. The Bertz CT molecular complexity index is 991. The zero-order chi connectivity index (χ0) is 16.7. The van der Waals surface area contributed by atoms with Crippen molar-refractivity contribution >= 4 is 28.4 Å². The van der Waals surface area contributed by atoms with Gasteiger partial charge in [0.25, 0.3) is 0 Å². The van der Waals surface area contributed by atoms with E-state index in [1.807, 2.05) is 36.4 Å². The summed E-state index contributed by atoms with van der Waals surface area (Å²) in [5.74, 6) is 0.339. The van der Waals surface area contributed by atoms with Gasteiger partial charge in [0.15, 0.2) is 11.6 Å². The van der Waals surface area contributed by atoms with E-state index in [4.69, 9.17) is 4.74 Å². The highest BCUT2D eigenvalue weighted by Gasteiger charge is 2.32. The summed E-state index contributed by atoms with van der Waals surface area (Å²) in [5, 5.41) is 1.89. The molecule has 116 valence electrons. The Hall–Kier alpha value is -3.20. The molecule has 0 fully saturated rings. The van der Waals surface area contributed by atoms with E-state index in [0.29, 0.717) is 11.1 Å². The maximum atomic E-state index is 12.6. The van der Waals surface area contributed by atoms with Crippen LogP contribution < -0.4 is 4.74 Å². The van der Waals surface area contributed by atoms with E-state index in [9.17, 15) is 9.59 Å². The van der Waals surface area contributed by atoms with Gasteiger partial charge in [0.05, 0.1) is 12.7 Å². The topological polar surface area (TPSA) is 43.4 Å². The van der Waals surface area contributed by atoms with Gasteiger partial charge in [0.2, 0.25) is 0 Å². The second kappa shape index (κ2) is 5.46. The molecule has 0 radical (unpaired) electrons. The number of hydrogen-bond acceptors (Lipinski definition) is 3. The van der Waals surface area contributed by atoms with Crippen molar-refractivity contribution < 1.29 is 14.3 Å². The van der Waals surface area contributed by atoms with E-state index < -0.39 is 0 Å². The van der Waals surface area contributed by atoms with Gasteiger partial charge in [0.1, 0.15) is 5.75 Å². The molecule has 0 saturated carbocycles. The predicted octanol–water partition coefficient (Wildman–Crippen LogP) is 4.31. The van der Waals surface area contributed by atoms with Gasteiger partial charge < -0.3 is 4.74 Å². The van der Waals surface area contributed by atoms with E-state index in [2.05, 4.69) is 0 Å². The minimum absolute atomic E-state index is 0.213. The Morgan fingerprint density at radius 2 is 1.33 bits per heavy atom. The van der Waals surface area contributed by atoms with Crippen LogP contribution in [0.4, 0.5) is 0 Å². The summed E-state index contributed by atoms with van der Waals surface area (Å²) in [4.78, 5) is 25.1. The molecule has 0 heterocycles. The summed E-state index contributed by atoms with van der Waals surface area (Å²) >= 11 is 0. The number of hydrogen-bond donors (Lipinski definition) is 0. The Morgan fingerprint density at radius 1 is 0.750 bits per heavy atom. The highest BCUT2D eigenvalue weighted by Crippen LogP contribution is 2.32. The molecule has 0 unspecified atom stereocenters. The molecule has 4 rings (SSSR count). The van der Waals surface area contributed by atoms with Gasteiger partial charge >= 0.3 is 0 Å². The predicted molar refractivity (Wildman–Crippen MR) is 93.6 cm³/mol. The van der Waals surface area contributed by atoms with Gasteiger partial charge in [-0.15, -0.1) is 0 Å². The molecule has 3 aromatic rings. The van der Waals surface area contributed by atoms with Crippen molar-refractivity contribution in [3.05, 3.63) is 82.9 Å². The quantitative estimate of drug-likeness (QED) is 0.523. The number of methoxy groups -OCH3 is 1. The van der Waals surface area contributed by atoms with Gasteiger partial charge in [0, 0.05) is 16.5 Å². The molecule has 3 heteroatoms. The molecule has 1 aliphatic carbocycles. The third-order valence-corrected chi connectivity index (χ3v) is 4.34. The first-order valence-corrected chi connectivity index (χ1v) is 7.66. The van der Waals surface area contributed by atoms with Crippen LogP contribution >= 0.6 is 0 Å². The van der Waals surface area contributed by atoms with Gasteiger partial charge in [-0.05, 0) is 23.1 Å². The van der Waals surface area contributed by atoms with Crippen LogP contribution in [-0.4, -0.2) is 18.7 Å². The van der Waals surface area contributed by atoms with Crippen LogP contribution in [0.2, 0.25) is 0 Å². The number of fused-ring (bicyclic) bond motifs is 2. The second-order valence-corrected chi connectivity index (χ2v) is 5.66. The first kappa shape index (κ1) is 14.4. The van der Waals surface area contributed by atoms with Gasteiger partial charge in [-0.1, -0.05) is 54.6 Å². The molecule has 0 aromatic heterocycles. The maximum absolute atomic E-state index is 12.6. The lowest BCUT2D eigenvalue weighted by Crippen LogP contribution is -2.00. The summed E-state index contributed by atoms with van der Waals surface area (Å²) in [6.07, 6.45) is 1.69. The molecular formula is C21H14O3. The molecule has 0 bridgehead atoms. The number of carbonyl (C=O) groups is 2. The van der Waals surface area contributed by atoms with E-state index >= 15 is 0 Å². The third-order valence-electron chi connectivity index (χ3n) is 4.34. The summed E-state index contributed by atoms with van der Waals surface area (Å²) in [6.45, 7) is 0. The molecule has 0 N–H and O–H groups in total. The van der Waals surface area contributed by atoms with Crippen LogP contribution in [0.15, 0.2) is 66.2 Å². The molecule has 24 heavy (non-hydrogen) atoms. The van der Waals surface area contributed by atoms with Crippen molar-refractivity contribution in [2.24, 2.45) is 0 Å². The number of carbonyl (C=O) groups excluding carboxylic acids is 2. The lowest BCUT2D eigenvalue weighted by Gasteiger charge is -2.08. The normalized spacial score (nSPS) is 13.3. The summed E-state index contributed by atoms with van der Waals surface area (Å²) in [6, 6.07) is 18.4. The van der Waals surface area contributed by atoms with Crippen LogP contribution in [0, 0.1) is 0 Å². The molecule has 1 aliphatic rings. The number of rotatable bonds is 2. The Labute approximate surface area is 139 Å². The van der Waals surface area contributed by atoms with Crippen LogP contribution in [-0.2, 0) is 0 Å². The first-order chi connectivity index (χ1) is 11.7. The Kier molecular flexibility index (Phi) is 3.28. The molecule has 0 spiro atoms.